The molecule has 0 radical (unpaired) electrons. The molecule has 1 aliphatic rings. The molecule has 2 amide bonds. The molecule has 3 aromatic rings. The highest BCUT2D eigenvalue weighted by Crippen LogP contribution is 2.25. The second-order valence-corrected chi connectivity index (χ2v) is 8.08. The molecule has 0 spiro atoms. The molecule has 0 atom stereocenters. The quantitative estimate of drug-likeness (QED) is 0.654. The summed E-state index contributed by atoms with van der Waals surface area (Å²) in [4.78, 5) is 19.8. The van der Waals surface area contributed by atoms with E-state index in [9.17, 15) is 4.79 Å². The Hall–Kier alpha value is -3.15. The Labute approximate surface area is 177 Å². The Kier molecular flexibility index (Phi) is 5.84. The van der Waals surface area contributed by atoms with Gasteiger partial charge >= 0.3 is 6.03 Å². The fraction of sp³-hybridized carbons (Fsp3) is 0.375. The molecular weight excluding hydrogens is 374 g/mol. The maximum Gasteiger partial charge on any atom is 0.326 e. The Morgan fingerprint density at radius 1 is 1.07 bits per heavy atom. The predicted octanol–water partition coefficient (Wildman–Crippen LogP) is 5.17. The first-order valence-electron chi connectivity index (χ1n) is 10.7. The fourth-order valence-corrected chi connectivity index (χ4v) is 3.84. The van der Waals surface area contributed by atoms with E-state index in [4.69, 9.17) is 10.1 Å². The molecule has 0 unspecified atom stereocenters. The third kappa shape index (κ3) is 4.37. The number of nitrogens with zero attached hydrogens (tertiary/aromatic N) is 4. The van der Waals surface area contributed by atoms with E-state index in [1.54, 1.807) is 4.90 Å². The minimum Gasteiger partial charge on any atom is -0.308 e. The molecule has 0 saturated heterocycles. The standard InChI is InChI=1S/C24H29N5O/c1-17-11-13-20(14-12-17)25-24(30)28(21-9-7-8-18(2)19(21)3)16-22-26-23-10-5-4-6-15-29(23)27-22/h7-9,11-14H,4-6,10,15-16H2,1-3H3,(H,25,30). The minimum absolute atomic E-state index is 0.183. The van der Waals surface area contributed by atoms with Gasteiger partial charge in [-0.15, -0.1) is 0 Å². The number of carbonyl (C=O) groups is 1. The normalized spacial score (nSPS) is 13.4. The summed E-state index contributed by atoms with van der Waals surface area (Å²) in [5.41, 5.74) is 5.04. The summed E-state index contributed by atoms with van der Waals surface area (Å²) in [5, 5.41) is 7.74. The maximum atomic E-state index is 13.3. The van der Waals surface area contributed by atoms with Crippen molar-refractivity contribution in [3.8, 4) is 0 Å². The highest BCUT2D eigenvalue weighted by Gasteiger charge is 2.22. The zero-order chi connectivity index (χ0) is 21.1. The first-order valence-corrected chi connectivity index (χ1v) is 10.7. The van der Waals surface area contributed by atoms with Crippen LogP contribution < -0.4 is 10.2 Å². The van der Waals surface area contributed by atoms with Gasteiger partial charge in [-0.3, -0.25) is 4.90 Å². The van der Waals surface area contributed by atoms with Gasteiger partial charge in [0.05, 0.1) is 6.54 Å². The molecule has 156 valence electrons. The van der Waals surface area contributed by atoms with Crippen LogP contribution in [-0.2, 0) is 19.5 Å². The zero-order valence-electron chi connectivity index (χ0n) is 18.0. The summed E-state index contributed by atoms with van der Waals surface area (Å²) < 4.78 is 2.02. The molecule has 6 heteroatoms. The third-order valence-electron chi connectivity index (χ3n) is 5.78. The summed E-state index contributed by atoms with van der Waals surface area (Å²) in [6.45, 7) is 7.38. The SMILES string of the molecule is Cc1ccc(NC(=O)N(Cc2nc3n(n2)CCCCC3)c2cccc(C)c2C)cc1. The summed E-state index contributed by atoms with van der Waals surface area (Å²) in [7, 11) is 0. The predicted molar refractivity (Wildman–Crippen MR) is 120 cm³/mol. The van der Waals surface area contributed by atoms with Crippen LogP contribution in [0.15, 0.2) is 42.5 Å². The van der Waals surface area contributed by atoms with Crippen molar-refractivity contribution in [1.29, 1.82) is 0 Å². The largest absolute Gasteiger partial charge is 0.326 e. The van der Waals surface area contributed by atoms with Gasteiger partial charge in [-0.1, -0.05) is 36.2 Å². The molecular formula is C24H29N5O. The molecule has 1 aromatic heterocycles. The smallest absolute Gasteiger partial charge is 0.308 e. The van der Waals surface area contributed by atoms with Crippen molar-refractivity contribution in [2.24, 2.45) is 0 Å². The van der Waals surface area contributed by atoms with Gasteiger partial charge in [-0.25, -0.2) is 14.5 Å². The van der Waals surface area contributed by atoms with Gasteiger partial charge in [-0.2, -0.15) is 5.10 Å². The molecule has 2 aromatic carbocycles. The number of carbonyl (C=O) groups excluding carboxylic acids is 1. The van der Waals surface area contributed by atoms with Gasteiger partial charge < -0.3 is 5.32 Å². The maximum absolute atomic E-state index is 13.3. The van der Waals surface area contributed by atoms with Crippen LogP contribution in [-0.4, -0.2) is 20.8 Å². The number of fused-ring (bicyclic) bond motifs is 1. The van der Waals surface area contributed by atoms with Gasteiger partial charge in [0, 0.05) is 24.3 Å². The van der Waals surface area contributed by atoms with E-state index in [2.05, 4.69) is 18.3 Å². The topological polar surface area (TPSA) is 63.1 Å². The Balaban J connectivity index is 1.64. The van der Waals surface area contributed by atoms with Crippen LogP contribution in [0.1, 0.15) is 47.6 Å². The van der Waals surface area contributed by atoms with E-state index in [1.165, 1.54) is 6.42 Å². The van der Waals surface area contributed by atoms with Crippen molar-refractivity contribution >= 4 is 17.4 Å². The Morgan fingerprint density at radius 2 is 1.87 bits per heavy atom. The number of hydrogen-bond acceptors (Lipinski definition) is 3. The second-order valence-electron chi connectivity index (χ2n) is 8.08. The molecule has 0 aliphatic carbocycles. The van der Waals surface area contributed by atoms with Crippen LogP contribution in [0.4, 0.5) is 16.2 Å². The van der Waals surface area contributed by atoms with Crippen LogP contribution in [0.2, 0.25) is 0 Å². The summed E-state index contributed by atoms with van der Waals surface area (Å²) in [5.74, 6) is 1.72. The first-order chi connectivity index (χ1) is 14.5. The number of benzene rings is 2. The number of hydrogen-bond donors (Lipinski definition) is 1. The van der Waals surface area contributed by atoms with Crippen LogP contribution in [0.3, 0.4) is 0 Å². The number of urea groups is 1. The Morgan fingerprint density at radius 3 is 2.67 bits per heavy atom. The average molecular weight is 404 g/mol. The minimum atomic E-state index is -0.183. The van der Waals surface area contributed by atoms with Gasteiger partial charge in [0.2, 0.25) is 0 Å². The highest BCUT2D eigenvalue weighted by molar-refractivity contribution is 6.02. The average Bonchev–Trinajstić information content (AvgIpc) is 2.98. The number of nitrogens with one attached hydrogen (secondary N) is 1. The van der Waals surface area contributed by atoms with Crippen LogP contribution in [0.25, 0.3) is 0 Å². The third-order valence-corrected chi connectivity index (χ3v) is 5.78. The second kappa shape index (κ2) is 8.69. The monoisotopic (exact) mass is 403 g/mol. The molecule has 1 aliphatic heterocycles. The van der Waals surface area contributed by atoms with Crippen molar-refractivity contribution in [3.05, 3.63) is 70.8 Å². The lowest BCUT2D eigenvalue weighted by Gasteiger charge is -2.24. The van der Waals surface area contributed by atoms with Gasteiger partial charge in [0.25, 0.3) is 0 Å². The molecule has 1 N–H and O–H groups in total. The van der Waals surface area contributed by atoms with Crippen molar-refractivity contribution in [2.45, 2.75) is 59.5 Å². The molecule has 30 heavy (non-hydrogen) atoms. The lowest BCUT2D eigenvalue weighted by molar-refractivity contribution is 0.256. The van der Waals surface area contributed by atoms with E-state index < -0.39 is 0 Å². The molecule has 6 nitrogen and oxygen atoms in total. The Bertz CT molecular complexity index is 1010. The van der Waals surface area contributed by atoms with Gasteiger partial charge in [0.1, 0.15) is 5.82 Å². The molecule has 0 saturated carbocycles. The van der Waals surface area contributed by atoms with E-state index >= 15 is 0 Å². The summed E-state index contributed by atoms with van der Waals surface area (Å²) in [6, 6.07) is 13.7. The first kappa shape index (κ1) is 20.1. The highest BCUT2D eigenvalue weighted by atomic mass is 16.2. The fourth-order valence-electron chi connectivity index (χ4n) is 3.84. The van der Waals surface area contributed by atoms with E-state index in [0.717, 1.165) is 59.7 Å². The molecule has 0 bridgehead atoms. The van der Waals surface area contributed by atoms with E-state index in [1.807, 2.05) is 54.9 Å². The van der Waals surface area contributed by atoms with Crippen molar-refractivity contribution < 1.29 is 4.79 Å². The van der Waals surface area contributed by atoms with Crippen LogP contribution >= 0.6 is 0 Å². The van der Waals surface area contributed by atoms with Gasteiger partial charge in [-0.05, 0) is 62.9 Å². The van der Waals surface area contributed by atoms with E-state index in [0.29, 0.717) is 12.4 Å². The number of rotatable bonds is 4. The lowest BCUT2D eigenvalue weighted by atomic mass is 10.1. The van der Waals surface area contributed by atoms with Crippen molar-refractivity contribution in [2.75, 3.05) is 10.2 Å². The molecule has 4 rings (SSSR count). The summed E-state index contributed by atoms with van der Waals surface area (Å²) in [6.07, 6.45) is 4.44. The number of aryl methyl sites for hydroxylation is 4. The zero-order valence-corrected chi connectivity index (χ0v) is 18.0. The number of amides is 2. The van der Waals surface area contributed by atoms with E-state index in [-0.39, 0.29) is 6.03 Å². The molecule has 2 heterocycles. The van der Waals surface area contributed by atoms with Crippen LogP contribution in [0, 0.1) is 20.8 Å². The lowest BCUT2D eigenvalue weighted by Crippen LogP contribution is -2.35. The van der Waals surface area contributed by atoms with Crippen molar-refractivity contribution in [3.63, 3.8) is 0 Å². The number of anilines is 2. The number of aromatic nitrogens is 3. The summed E-state index contributed by atoms with van der Waals surface area (Å²) >= 11 is 0. The van der Waals surface area contributed by atoms with Crippen LogP contribution in [0.5, 0.6) is 0 Å². The van der Waals surface area contributed by atoms with Gasteiger partial charge in [0.15, 0.2) is 5.82 Å². The van der Waals surface area contributed by atoms with Crippen molar-refractivity contribution in [1.82, 2.24) is 14.8 Å². The molecule has 0 fully saturated rings.